The molecule has 0 unspecified atom stereocenters. The van der Waals surface area contributed by atoms with Gasteiger partial charge in [-0.3, -0.25) is 14.0 Å². The van der Waals surface area contributed by atoms with Crippen LogP contribution < -0.4 is 10.2 Å². The molecule has 1 aliphatic heterocycles. The maximum absolute atomic E-state index is 12.8. The van der Waals surface area contributed by atoms with E-state index in [1.807, 2.05) is 66.9 Å². The summed E-state index contributed by atoms with van der Waals surface area (Å²) in [7, 11) is 0. The minimum atomic E-state index is -0.554. The highest BCUT2D eigenvalue weighted by atomic mass is 16.2. The van der Waals surface area contributed by atoms with Crippen molar-refractivity contribution in [3.63, 3.8) is 0 Å². The Kier molecular flexibility index (Phi) is 4.58. The Morgan fingerprint density at radius 1 is 1.11 bits per heavy atom. The molecule has 28 heavy (non-hydrogen) atoms. The Balaban J connectivity index is 1.32. The molecule has 7 nitrogen and oxygen atoms in total. The fourth-order valence-electron chi connectivity index (χ4n) is 3.70. The number of rotatable bonds is 6. The summed E-state index contributed by atoms with van der Waals surface area (Å²) in [6, 6.07) is 13.5. The number of carbonyl (C=O) groups excluding carboxylic acids is 2. The average molecular weight is 377 g/mol. The van der Waals surface area contributed by atoms with Crippen LogP contribution in [-0.4, -0.2) is 39.5 Å². The molecule has 0 spiro atoms. The van der Waals surface area contributed by atoms with Gasteiger partial charge in [0.25, 0.3) is 0 Å². The van der Waals surface area contributed by atoms with Crippen LogP contribution in [0.15, 0.2) is 48.7 Å². The van der Waals surface area contributed by atoms with Crippen molar-refractivity contribution in [1.82, 2.24) is 19.9 Å². The molecule has 3 heterocycles. The minimum Gasteiger partial charge on any atom is -0.356 e. The minimum absolute atomic E-state index is 0.0384. The second-order valence-corrected chi connectivity index (χ2v) is 7.49. The zero-order valence-electron chi connectivity index (χ0n) is 16.1. The number of aromatic nitrogens is 3. The van der Waals surface area contributed by atoms with Crippen LogP contribution in [0, 0.1) is 0 Å². The Labute approximate surface area is 163 Å². The fraction of sp³-hybridized carbons (Fsp3) is 0.333. The lowest BCUT2D eigenvalue weighted by Gasteiger charge is -2.20. The maximum Gasteiger partial charge on any atom is 0.237 e. The van der Waals surface area contributed by atoms with Crippen LogP contribution in [0.5, 0.6) is 0 Å². The first-order valence-electron chi connectivity index (χ1n) is 9.45. The van der Waals surface area contributed by atoms with Crippen LogP contribution in [0.1, 0.15) is 31.7 Å². The average Bonchev–Trinajstić information content (AvgIpc) is 3.19. The number of nitrogens with zero attached hydrogens (tertiary/aromatic N) is 4. The number of anilines is 1. The lowest BCUT2D eigenvalue weighted by atomic mass is 9.86. The van der Waals surface area contributed by atoms with E-state index in [4.69, 9.17) is 0 Å². The Hall–Kier alpha value is -3.22. The summed E-state index contributed by atoms with van der Waals surface area (Å²) in [4.78, 5) is 26.8. The van der Waals surface area contributed by atoms with Gasteiger partial charge in [-0.15, -0.1) is 10.2 Å². The van der Waals surface area contributed by atoms with Gasteiger partial charge in [0.2, 0.25) is 11.8 Å². The number of hydrogen-bond donors (Lipinski definition) is 1. The smallest absolute Gasteiger partial charge is 0.237 e. The molecule has 0 atom stereocenters. The number of carbonyl (C=O) groups is 2. The maximum atomic E-state index is 12.8. The van der Waals surface area contributed by atoms with Gasteiger partial charge in [0.15, 0.2) is 5.65 Å². The third-order valence-electron chi connectivity index (χ3n) is 5.27. The van der Waals surface area contributed by atoms with Crippen LogP contribution in [0.4, 0.5) is 5.69 Å². The molecule has 1 N–H and O–H groups in total. The molecule has 2 aromatic heterocycles. The second kappa shape index (κ2) is 7.07. The van der Waals surface area contributed by atoms with Crippen molar-refractivity contribution in [1.29, 1.82) is 0 Å². The van der Waals surface area contributed by atoms with E-state index in [0.717, 1.165) is 22.7 Å². The lowest BCUT2D eigenvalue weighted by molar-refractivity contribution is -0.122. The van der Waals surface area contributed by atoms with Gasteiger partial charge in [0.05, 0.1) is 5.41 Å². The van der Waals surface area contributed by atoms with E-state index in [0.29, 0.717) is 19.5 Å². The highest BCUT2D eigenvalue weighted by Crippen LogP contribution is 2.41. The van der Waals surface area contributed by atoms with E-state index in [9.17, 15) is 9.59 Å². The Morgan fingerprint density at radius 3 is 2.75 bits per heavy atom. The topological polar surface area (TPSA) is 79.6 Å². The molecule has 0 radical (unpaired) electrons. The van der Waals surface area contributed by atoms with Gasteiger partial charge in [0.1, 0.15) is 5.82 Å². The molecule has 0 saturated heterocycles. The van der Waals surface area contributed by atoms with E-state index >= 15 is 0 Å². The third-order valence-corrected chi connectivity index (χ3v) is 5.27. The first-order valence-corrected chi connectivity index (χ1v) is 9.45. The number of pyridine rings is 1. The van der Waals surface area contributed by atoms with Crippen LogP contribution in [0.3, 0.4) is 0 Å². The molecular formula is C21H23N5O2. The quantitative estimate of drug-likeness (QED) is 0.713. The first kappa shape index (κ1) is 18.2. The molecule has 4 rings (SSSR count). The van der Waals surface area contributed by atoms with E-state index in [-0.39, 0.29) is 18.2 Å². The lowest BCUT2D eigenvalue weighted by Crippen LogP contribution is -2.38. The van der Waals surface area contributed by atoms with Gasteiger partial charge >= 0.3 is 0 Å². The summed E-state index contributed by atoms with van der Waals surface area (Å²) in [5.41, 5.74) is 2.15. The molecular weight excluding hydrogens is 354 g/mol. The predicted molar refractivity (Wildman–Crippen MR) is 106 cm³/mol. The second-order valence-electron chi connectivity index (χ2n) is 7.49. The molecule has 0 aliphatic carbocycles. The summed E-state index contributed by atoms with van der Waals surface area (Å²) in [6.45, 7) is 4.71. The van der Waals surface area contributed by atoms with Gasteiger partial charge in [-0.1, -0.05) is 24.3 Å². The summed E-state index contributed by atoms with van der Waals surface area (Å²) in [5.74, 6) is 0.765. The molecule has 7 heteroatoms. The van der Waals surface area contributed by atoms with Crippen LogP contribution >= 0.6 is 0 Å². The summed E-state index contributed by atoms with van der Waals surface area (Å²) >= 11 is 0. The van der Waals surface area contributed by atoms with Crippen LogP contribution in [0.2, 0.25) is 0 Å². The summed E-state index contributed by atoms with van der Waals surface area (Å²) < 4.78 is 1.91. The van der Waals surface area contributed by atoms with E-state index < -0.39 is 5.41 Å². The molecule has 0 bridgehead atoms. The summed E-state index contributed by atoms with van der Waals surface area (Å²) in [5, 5.41) is 11.2. The summed E-state index contributed by atoms with van der Waals surface area (Å²) in [6.07, 6.45) is 2.76. The van der Waals surface area contributed by atoms with Crippen LogP contribution in [0.25, 0.3) is 5.65 Å². The molecule has 2 amide bonds. The van der Waals surface area contributed by atoms with Crippen molar-refractivity contribution in [2.75, 3.05) is 18.0 Å². The number of amides is 2. The van der Waals surface area contributed by atoms with E-state index in [1.54, 1.807) is 4.90 Å². The van der Waals surface area contributed by atoms with Gasteiger partial charge in [-0.25, -0.2) is 0 Å². The molecule has 0 saturated carbocycles. The molecule has 1 aromatic carbocycles. The highest BCUT2D eigenvalue weighted by molar-refractivity contribution is 6.07. The number of benzene rings is 1. The van der Waals surface area contributed by atoms with Crippen molar-refractivity contribution in [3.05, 3.63) is 60.0 Å². The molecule has 1 aliphatic rings. The zero-order chi connectivity index (χ0) is 19.7. The number of nitrogens with one attached hydrogen (secondary N) is 1. The normalized spacial score (nSPS) is 15.1. The Bertz CT molecular complexity index is 1040. The standard InChI is InChI=1S/C21H23N5O2/c1-21(2)15-7-3-4-8-16(15)25(20(21)28)14-11-19(27)22-12-10-18-24-23-17-9-5-6-13-26(17)18/h3-9,13H,10-12,14H2,1-2H3,(H,22,27). The highest BCUT2D eigenvalue weighted by Gasteiger charge is 2.43. The van der Waals surface area contributed by atoms with Gasteiger partial charge in [-0.05, 0) is 37.6 Å². The largest absolute Gasteiger partial charge is 0.356 e. The van der Waals surface area contributed by atoms with Gasteiger partial charge < -0.3 is 10.2 Å². The Morgan fingerprint density at radius 2 is 1.89 bits per heavy atom. The molecule has 0 fully saturated rings. The number of para-hydroxylation sites is 1. The van der Waals surface area contributed by atoms with Crippen molar-refractivity contribution in [2.45, 2.75) is 32.1 Å². The van der Waals surface area contributed by atoms with Crippen molar-refractivity contribution in [2.24, 2.45) is 0 Å². The molecule has 3 aromatic rings. The van der Waals surface area contributed by atoms with E-state index in [2.05, 4.69) is 15.5 Å². The third kappa shape index (κ3) is 3.13. The monoisotopic (exact) mass is 377 g/mol. The fourth-order valence-corrected chi connectivity index (χ4v) is 3.70. The number of fused-ring (bicyclic) bond motifs is 2. The van der Waals surface area contributed by atoms with Crippen molar-refractivity contribution >= 4 is 23.1 Å². The van der Waals surface area contributed by atoms with Crippen molar-refractivity contribution in [3.8, 4) is 0 Å². The zero-order valence-corrected chi connectivity index (χ0v) is 16.1. The van der Waals surface area contributed by atoms with Gasteiger partial charge in [-0.2, -0.15) is 0 Å². The predicted octanol–water partition coefficient (Wildman–Crippen LogP) is 2.10. The van der Waals surface area contributed by atoms with Gasteiger partial charge in [0, 0.05) is 37.8 Å². The number of hydrogen-bond acceptors (Lipinski definition) is 4. The van der Waals surface area contributed by atoms with Crippen LogP contribution in [-0.2, 0) is 21.4 Å². The van der Waals surface area contributed by atoms with E-state index in [1.165, 1.54) is 0 Å². The molecule has 144 valence electrons. The van der Waals surface area contributed by atoms with Crippen molar-refractivity contribution < 1.29 is 9.59 Å². The SMILES string of the molecule is CC1(C)C(=O)N(CCC(=O)NCCc2nnc3ccccn23)c2ccccc21. The first-order chi connectivity index (χ1) is 13.5.